The van der Waals surface area contributed by atoms with Crippen LogP contribution in [0.2, 0.25) is 0 Å². The van der Waals surface area contributed by atoms with Gasteiger partial charge in [-0.3, -0.25) is 9.48 Å². The Balaban J connectivity index is 2.64. The molecule has 1 unspecified atom stereocenters. The van der Waals surface area contributed by atoms with Crippen LogP contribution in [0.25, 0.3) is 0 Å². The van der Waals surface area contributed by atoms with Gasteiger partial charge in [0.15, 0.2) is 5.69 Å². The molecule has 0 aromatic carbocycles. The first-order chi connectivity index (χ1) is 8.45. The maximum atomic E-state index is 12.1. The molecule has 1 amide bonds. The zero-order valence-electron chi connectivity index (χ0n) is 11.6. The fourth-order valence-corrected chi connectivity index (χ4v) is 1.44. The Morgan fingerprint density at radius 3 is 2.72 bits per heavy atom. The smallest absolute Gasteiger partial charge is 0.276 e. The molecule has 1 atom stereocenters. The van der Waals surface area contributed by atoms with E-state index in [4.69, 9.17) is 5.73 Å². The Morgan fingerprint density at radius 2 is 2.17 bits per heavy atom. The highest BCUT2D eigenvalue weighted by molar-refractivity contribution is 5.91. The van der Waals surface area contributed by atoms with Gasteiger partial charge in [-0.25, -0.2) is 0 Å². The van der Waals surface area contributed by atoms with Crippen molar-refractivity contribution in [1.82, 2.24) is 19.9 Å². The predicted octanol–water partition coefficient (Wildman–Crippen LogP) is 0.743. The third kappa shape index (κ3) is 3.80. The first-order valence-corrected chi connectivity index (χ1v) is 6.33. The van der Waals surface area contributed by atoms with Crippen molar-refractivity contribution in [2.24, 2.45) is 11.7 Å². The number of likely N-dealkylation sites (N-methyl/N-ethyl adjacent to an activating group) is 1. The maximum absolute atomic E-state index is 12.1. The number of hydrogen-bond acceptors (Lipinski definition) is 4. The largest absolute Gasteiger partial charge is 0.336 e. The number of nitrogens with two attached hydrogens (primary N) is 1. The van der Waals surface area contributed by atoms with Gasteiger partial charge in [-0.15, -0.1) is 5.10 Å². The third-order valence-corrected chi connectivity index (χ3v) is 3.02. The quantitative estimate of drug-likeness (QED) is 0.811. The Kier molecular flexibility index (Phi) is 5.27. The van der Waals surface area contributed by atoms with E-state index in [9.17, 15) is 4.79 Å². The molecule has 2 N–H and O–H groups in total. The summed E-state index contributed by atoms with van der Waals surface area (Å²) in [6.07, 6.45) is 2.72. The summed E-state index contributed by atoms with van der Waals surface area (Å²) in [6.45, 7) is 7.43. The lowest BCUT2D eigenvalue weighted by Gasteiger charge is -2.22. The van der Waals surface area contributed by atoms with E-state index in [1.165, 1.54) is 0 Å². The summed E-state index contributed by atoms with van der Waals surface area (Å²) >= 11 is 0. The van der Waals surface area contributed by atoms with Crippen LogP contribution < -0.4 is 5.73 Å². The fourth-order valence-electron chi connectivity index (χ4n) is 1.44. The zero-order chi connectivity index (χ0) is 13.7. The Morgan fingerprint density at radius 1 is 1.50 bits per heavy atom. The number of carbonyl (C=O) groups excluding carboxylic acids is 1. The molecular weight excluding hydrogens is 230 g/mol. The standard InChI is InChI=1S/C12H23N5O/c1-9(2)5-6-17-8-11(14-15-17)12(18)16(4)10(3)7-13/h8-10H,5-7,13H2,1-4H3. The van der Waals surface area contributed by atoms with Gasteiger partial charge in [0.2, 0.25) is 0 Å². The summed E-state index contributed by atoms with van der Waals surface area (Å²) in [4.78, 5) is 13.6. The van der Waals surface area contributed by atoms with Crippen LogP contribution in [0.3, 0.4) is 0 Å². The molecule has 102 valence electrons. The number of aryl methyl sites for hydroxylation is 1. The molecule has 0 fully saturated rings. The molecule has 6 nitrogen and oxygen atoms in total. The van der Waals surface area contributed by atoms with Crippen LogP contribution in [-0.4, -0.2) is 45.4 Å². The summed E-state index contributed by atoms with van der Waals surface area (Å²) in [5, 5.41) is 7.88. The highest BCUT2D eigenvalue weighted by atomic mass is 16.2. The molecule has 1 heterocycles. The van der Waals surface area contributed by atoms with Gasteiger partial charge < -0.3 is 10.6 Å². The minimum atomic E-state index is -0.135. The predicted molar refractivity (Wildman–Crippen MR) is 70.1 cm³/mol. The van der Waals surface area contributed by atoms with Crippen molar-refractivity contribution in [2.45, 2.75) is 39.8 Å². The number of carbonyl (C=O) groups is 1. The van der Waals surface area contributed by atoms with Gasteiger partial charge in [-0.1, -0.05) is 19.1 Å². The second kappa shape index (κ2) is 6.49. The van der Waals surface area contributed by atoms with Crippen LogP contribution >= 0.6 is 0 Å². The van der Waals surface area contributed by atoms with Gasteiger partial charge in [0.1, 0.15) is 0 Å². The molecule has 0 aliphatic heterocycles. The summed E-state index contributed by atoms with van der Waals surface area (Å²) in [7, 11) is 1.73. The lowest BCUT2D eigenvalue weighted by Crippen LogP contribution is -2.39. The molecule has 0 bridgehead atoms. The van der Waals surface area contributed by atoms with E-state index in [-0.39, 0.29) is 11.9 Å². The number of hydrogen-bond donors (Lipinski definition) is 1. The SMILES string of the molecule is CC(C)CCn1cc(C(=O)N(C)C(C)CN)nn1. The maximum Gasteiger partial charge on any atom is 0.276 e. The van der Waals surface area contributed by atoms with Crippen molar-refractivity contribution >= 4 is 5.91 Å². The first kappa shape index (κ1) is 14.6. The highest BCUT2D eigenvalue weighted by Crippen LogP contribution is 2.05. The third-order valence-electron chi connectivity index (χ3n) is 3.02. The van der Waals surface area contributed by atoms with Crippen LogP contribution in [0.1, 0.15) is 37.7 Å². The molecule has 0 saturated heterocycles. The number of amides is 1. The van der Waals surface area contributed by atoms with Crippen molar-refractivity contribution in [3.63, 3.8) is 0 Å². The van der Waals surface area contributed by atoms with Crippen LogP contribution in [0.5, 0.6) is 0 Å². The van der Waals surface area contributed by atoms with E-state index in [1.54, 1.807) is 22.8 Å². The fraction of sp³-hybridized carbons (Fsp3) is 0.750. The molecule has 6 heteroatoms. The van der Waals surface area contributed by atoms with Crippen molar-refractivity contribution in [3.8, 4) is 0 Å². The number of aromatic nitrogens is 3. The summed E-state index contributed by atoms with van der Waals surface area (Å²) in [5.74, 6) is 0.469. The molecular formula is C12H23N5O. The van der Waals surface area contributed by atoms with E-state index >= 15 is 0 Å². The lowest BCUT2D eigenvalue weighted by molar-refractivity contribution is 0.0742. The number of rotatable bonds is 6. The normalized spacial score (nSPS) is 12.8. The molecule has 0 saturated carbocycles. The minimum Gasteiger partial charge on any atom is -0.336 e. The van der Waals surface area contributed by atoms with Gasteiger partial charge in [-0.2, -0.15) is 0 Å². The van der Waals surface area contributed by atoms with E-state index in [2.05, 4.69) is 24.2 Å². The molecule has 1 aromatic rings. The van der Waals surface area contributed by atoms with Crippen molar-refractivity contribution in [1.29, 1.82) is 0 Å². The molecule has 18 heavy (non-hydrogen) atoms. The van der Waals surface area contributed by atoms with E-state index in [0.29, 0.717) is 18.2 Å². The highest BCUT2D eigenvalue weighted by Gasteiger charge is 2.19. The second-order valence-electron chi connectivity index (χ2n) is 5.05. The zero-order valence-corrected chi connectivity index (χ0v) is 11.6. The van der Waals surface area contributed by atoms with Crippen LogP contribution in [0.15, 0.2) is 6.20 Å². The van der Waals surface area contributed by atoms with Gasteiger partial charge in [0, 0.05) is 26.2 Å². The summed E-state index contributed by atoms with van der Waals surface area (Å²) in [5.41, 5.74) is 5.92. The van der Waals surface area contributed by atoms with Gasteiger partial charge in [-0.05, 0) is 19.3 Å². The Bertz CT molecular complexity index is 388. The van der Waals surface area contributed by atoms with E-state index in [0.717, 1.165) is 13.0 Å². The van der Waals surface area contributed by atoms with Crippen LogP contribution in [0, 0.1) is 5.92 Å². The van der Waals surface area contributed by atoms with Gasteiger partial charge >= 0.3 is 0 Å². The molecule has 0 aliphatic rings. The molecule has 0 spiro atoms. The lowest BCUT2D eigenvalue weighted by atomic mass is 10.1. The van der Waals surface area contributed by atoms with Crippen molar-refractivity contribution in [2.75, 3.05) is 13.6 Å². The van der Waals surface area contributed by atoms with E-state index in [1.807, 2.05) is 6.92 Å². The molecule has 1 rings (SSSR count). The van der Waals surface area contributed by atoms with Crippen molar-refractivity contribution < 1.29 is 4.79 Å². The van der Waals surface area contributed by atoms with Crippen LogP contribution in [0.4, 0.5) is 0 Å². The average Bonchev–Trinajstić information content (AvgIpc) is 2.82. The van der Waals surface area contributed by atoms with Gasteiger partial charge in [0.05, 0.1) is 6.20 Å². The van der Waals surface area contributed by atoms with Crippen LogP contribution in [-0.2, 0) is 6.54 Å². The second-order valence-corrected chi connectivity index (χ2v) is 5.05. The van der Waals surface area contributed by atoms with E-state index < -0.39 is 0 Å². The summed E-state index contributed by atoms with van der Waals surface area (Å²) in [6, 6.07) is -0.00156. The molecule has 0 radical (unpaired) electrons. The van der Waals surface area contributed by atoms with Gasteiger partial charge in [0.25, 0.3) is 5.91 Å². The van der Waals surface area contributed by atoms with Crippen molar-refractivity contribution in [3.05, 3.63) is 11.9 Å². The minimum absolute atomic E-state index is 0.00156. The topological polar surface area (TPSA) is 77.0 Å². The molecule has 1 aromatic heterocycles. The monoisotopic (exact) mass is 253 g/mol. The summed E-state index contributed by atoms with van der Waals surface area (Å²) < 4.78 is 1.72. The first-order valence-electron chi connectivity index (χ1n) is 6.33. The Labute approximate surface area is 108 Å². The Hall–Kier alpha value is -1.43. The molecule has 0 aliphatic carbocycles. The average molecular weight is 253 g/mol. The number of nitrogens with zero attached hydrogens (tertiary/aromatic N) is 4.